The van der Waals surface area contributed by atoms with Gasteiger partial charge in [0.2, 0.25) is 0 Å². The van der Waals surface area contributed by atoms with Crippen LogP contribution in [-0.4, -0.2) is 0 Å². The van der Waals surface area contributed by atoms with Crippen LogP contribution >= 0.6 is 0 Å². The molecule has 0 aliphatic heterocycles. The van der Waals surface area contributed by atoms with Crippen molar-refractivity contribution in [1.82, 2.24) is 0 Å². The Labute approximate surface area is 133 Å². The molecule has 1 aliphatic carbocycles. The third kappa shape index (κ3) is 2.46. The van der Waals surface area contributed by atoms with Crippen molar-refractivity contribution in [2.75, 3.05) is 0 Å². The van der Waals surface area contributed by atoms with Gasteiger partial charge in [0.05, 0.1) is 0 Å². The topological polar surface area (TPSA) is 0 Å². The van der Waals surface area contributed by atoms with E-state index >= 15 is 0 Å². The van der Waals surface area contributed by atoms with Crippen molar-refractivity contribution in [3.8, 4) is 0 Å². The maximum absolute atomic E-state index is 4.36. The number of aryl methyl sites for hydroxylation is 2. The molecule has 2 aromatic carbocycles. The summed E-state index contributed by atoms with van der Waals surface area (Å²) in [6, 6.07) is 15.2. The van der Waals surface area contributed by atoms with Crippen molar-refractivity contribution in [3.05, 3.63) is 95.1 Å². The van der Waals surface area contributed by atoms with Crippen molar-refractivity contribution in [2.24, 2.45) is 0 Å². The summed E-state index contributed by atoms with van der Waals surface area (Å²) in [5.74, 6) is 0. The summed E-state index contributed by atoms with van der Waals surface area (Å²) in [5.41, 5.74) is 9.85. The third-order valence-corrected chi connectivity index (χ3v) is 4.55. The lowest BCUT2D eigenvalue weighted by molar-refractivity contribution is 1.11. The normalized spacial score (nSPS) is 13.5. The zero-order chi connectivity index (χ0) is 15.7. The average Bonchev–Trinajstić information content (AvgIpc) is 2.55. The number of hydrogen-bond acceptors (Lipinski definition) is 0. The van der Waals surface area contributed by atoms with Gasteiger partial charge in [0.15, 0.2) is 0 Å². The summed E-state index contributed by atoms with van der Waals surface area (Å²) in [7, 11) is 0. The first-order valence-corrected chi connectivity index (χ1v) is 7.88. The standard InChI is InChI=1S/C22H22/c1-5-18-10-11-19-12-13-21(17(4)22(19)14-18)16(3)20-9-7-6-8-15(20)2/h6-11,13-14H,3-5,12H2,1-2H3. The van der Waals surface area contributed by atoms with Crippen molar-refractivity contribution in [3.63, 3.8) is 0 Å². The van der Waals surface area contributed by atoms with Crippen LogP contribution in [0.25, 0.3) is 11.1 Å². The van der Waals surface area contributed by atoms with Crippen LogP contribution in [0.3, 0.4) is 0 Å². The van der Waals surface area contributed by atoms with E-state index < -0.39 is 0 Å². The number of fused-ring (bicyclic) bond motifs is 1. The van der Waals surface area contributed by atoms with Crippen molar-refractivity contribution < 1.29 is 0 Å². The molecule has 0 saturated heterocycles. The molecule has 0 nitrogen and oxygen atoms in total. The van der Waals surface area contributed by atoms with Crippen LogP contribution in [0.5, 0.6) is 0 Å². The van der Waals surface area contributed by atoms with Gasteiger partial charge in [0, 0.05) is 0 Å². The monoisotopic (exact) mass is 286 g/mol. The summed E-state index contributed by atoms with van der Waals surface area (Å²) in [5, 5.41) is 0. The van der Waals surface area contributed by atoms with Crippen LogP contribution in [0.2, 0.25) is 0 Å². The van der Waals surface area contributed by atoms with E-state index in [1.165, 1.54) is 33.4 Å². The predicted octanol–water partition coefficient (Wildman–Crippen LogP) is 5.77. The summed E-state index contributed by atoms with van der Waals surface area (Å²) in [6.07, 6.45) is 4.28. The molecule has 110 valence electrons. The molecule has 0 spiro atoms. The van der Waals surface area contributed by atoms with E-state index in [9.17, 15) is 0 Å². The molecule has 0 amide bonds. The number of rotatable bonds is 3. The Kier molecular flexibility index (Phi) is 3.85. The fourth-order valence-electron chi connectivity index (χ4n) is 3.14. The molecule has 1 aliphatic rings. The Hall–Kier alpha value is -2.34. The van der Waals surface area contributed by atoms with E-state index in [4.69, 9.17) is 0 Å². The summed E-state index contributed by atoms with van der Waals surface area (Å²) < 4.78 is 0. The largest absolute Gasteiger partial charge is 0.0905 e. The van der Waals surface area contributed by atoms with Crippen molar-refractivity contribution in [2.45, 2.75) is 26.7 Å². The molecule has 0 bridgehead atoms. The van der Waals surface area contributed by atoms with Gasteiger partial charge in [-0.15, -0.1) is 0 Å². The van der Waals surface area contributed by atoms with E-state index in [0.717, 1.165) is 24.0 Å². The fraction of sp³-hybridized carbons (Fsp3) is 0.182. The molecular weight excluding hydrogens is 264 g/mol. The lowest BCUT2D eigenvalue weighted by atomic mass is 9.81. The first-order valence-electron chi connectivity index (χ1n) is 7.88. The molecule has 2 aromatic rings. The highest BCUT2D eigenvalue weighted by molar-refractivity contribution is 5.99. The molecule has 0 aromatic heterocycles. The van der Waals surface area contributed by atoms with Gasteiger partial charge in [-0.25, -0.2) is 0 Å². The fourth-order valence-corrected chi connectivity index (χ4v) is 3.14. The zero-order valence-electron chi connectivity index (χ0n) is 13.4. The van der Waals surface area contributed by atoms with Crippen LogP contribution in [0.4, 0.5) is 0 Å². The van der Waals surface area contributed by atoms with E-state index in [2.05, 4.69) is 75.5 Å². The molecule has 0 heteroatoms. The minimum Gasteiger partial charge on any atom is -0.0905 e. The second-order valence-corrected chi connectivity index (χ2v) is 5.94. The van der Waals surface area contributed by atoms with E-state index in [1.54, 1.807) is 0 Å². The molecule has 0 atom stereocenters. The molecule has 22 heavy (non-hydrogen) atoms. The van der Waals surface area contributed by atoms with E-state index in [-0.39, 0.29) is 0 Å². The second-order valence-electron chi connectivity index (χ2n) is 5.94. The van der Waals surface area contributed by atoms with Crippen molar-refractivity contribution >= 4 is 11.1 Å². The molecule has 0 fully saturated rings. The Morgan fingerprint density at radius 3 is 2.64 bits per heavy atom. The first kappa shape index (κ1) is 14.6. The maximum atomic E-state index is 4.36. The number of hydrogen-bond donors (Lipinski definition) is 0. The quantitative estimate of drug-likeness (QED) is 0.672. The minimum atomic E-state index is 0.957. The highest BCUT2D eigenvalue weighted by Gasteiger charge is 2.19. The predicted molar refractivity (Wildman–Crippen MR) is 96.9 cm³/mol. The number of allylic oxidation sites excluding steroid dienone is 4. The van der Waals surface area contributed by atoms with E-state index in [1.807, 2.05) is 0 Å². The third-order valence-electron chi connectivity index (χ3n) is 4.55. The molecule has 0 heterocycles. The van der Waals surface area contributed by atoms with Gasteiger partial charge in [-0.05, 0) is 64.3 Å². The molecule has 3 rings (SSSR count). The van der Waals surface area contributed by atoms with Crippen LogP contribution in [-0.2, 0) is 12.8 Å². The van der Waals surface area contributed by atoms with Crippen LogP contribution < -0.4 is 0 Å². The van der Waals surface area contributed by atoms with Gasteiger partial charge in [-0.1, -0.05) is 68.6 Å². The average molecular weight is 286 g/mol. The lowest BCUT2D eigenvalue weighted by Gasteiger charge is -2.23. The second kappa shape index (κ2) is 5.81. The van der Waals surface area contributed by atoms with Gasteiger partial charge in [-0.3, -0.25) is 0 Å². The van der Waals surface area contributed by atoms with Gasteiger partial charge in [0.25, 0.3) is 0 Å². The first-order chi connectivity index (χ1) is 10.6. The Morgan fingerprint density at radius 1 is 1.14 bits per heavy atom. The van der Waals surface area contributed by atoms with Crippen LogP contribution in [0.1, 0.15) is 34.7 Å². The maximum Gasteiger partial charge on any atom is -0.00819 e. The lowest BCUT2D eigenvalue weighted by Crippen LogP contribution is -2.04. The zero-order valence-corrected chi connectivity index (χ0v) is 13.4. The van der Waals surface area contributed by atoms with Crippen molar-refractivity contribution in [1.29, 1.82) is 0 Å². The summed E-state index contributed by atoms with van der Waals surface area (Å²) >= 11 is 0. The smallest absolute Gasteiger partial charge is 0.00819 e. The molecule has 0 N–H and O–H groups in total. The summed E-state index contributed by atoms with van der Waals surface area (Å²) in [4.78, 5) is 0. The van der Waals surface area contributed by atoms with Gasteiger partial charge < -0.3 is 0 Å². The highest BCUT2D eigenvalue weighted by atomic mass is 14.2. The molecule has 0 saturated carbocycles. The Balaban J connectivity index is 2.00. The van der Waals surface area contributed by atoms with Gasteiger partial charge in [-0.2, -0.15) is 0 Å². The van der Waals surface area contributed by atoms with Crippen LogP contribution in [0.15, 0.2) is 67.3 Å². The van der Waals surface area contributed by atoms with Gasteiger partial charge >= 0.3 is 0 Å². The number of benzene rings is 2. The molecular formula is C22H22. The van der Waals surface area contributed by atoms with E-state index in [0.29, 0.717) is 0 Å². The molecule has 0 unspecified atom stereocenters. The van der Waals surface area contributed by atoms with Crippen LogP contribution in [0, 0.1) is 6.92 Å². The molecule has 0 radical (unpaired) electrons. The Morgan fingerprint density at radius 2 is 1.91 bits per heavy atom. The summed E-state index contributed by atoms with van der Waals surface area (Å²) in [6.45, 7) is 13.0. The minimum absolute atomic E-state index is 0.957. The SMILES string of the molecule is C=C(C1=CCc2ccc(CC)cc2C1=C)c1ccccc1C. The highest BCUT2D eigenvalue weighted by Crippen LogP contribution is 2.38. The van der Waals surface area contributed by atoms with Gasteiger partial charge in [0.1, 0.15) is 0 Å². The Bertz CT molecular complexity index is 787.